The summed E-state index contributed by atoms with van der Waals surface area (Å²) in [6.45, 7) is 8.47. The Hall–Kier alpha value is -4.77. The average molecular weight is 608 g/mol. The number of fused-ring (bicyclic) bond motifs is 3. The van der Waals surface area contributed by atoms with Crippen LogP contribution in [0.15, 0.2) is 54.6 Å². The van der Waals surface area contributed by atoms with E-state index in [1.165, 1.54) is 11.3 Å². The van der Waals surface area contributed by atoms with Gasteiger partial charge >= 0.3 is 0 Å². The molecule has 7 rings (SSSR count). The van der Waals surface area contributed by atoms with Gasteiger partial charge in [-0.05, 0) is 59.7 Å². The molecule has 11 nitrogen and oxygen atoms in total. The van der Waals surface area contributed by atoms with Gasteiger partial charge in [0.1, 0.15) is 17.3 Å². The van der Waals surface area contributed by atoms with E-state index < -0.39 is 0 Å². The first kappa shape index (κ1) is 29.0. The fraction of sp³-hybridized carbons (Fsp3) is 0.382. The quantitative estimate of drug-likeness (QED) is 0.423. The number of nitrogens with one attached hydrogen (secondary N) is 1. The van der Waals surface area contributed by atoms with Crippen LogP contribution in [0.1, 0.15) is 61.9 Å². The number of morpholine rings is 1. The van der Waals surface area contributed by atoms with Crippen LogP contribution < -0.4 is 10.2 Å². The molecule has 1 aliphatic carbocycles. The number of likely N-dealkylation sites (N-methyl/N-ethyl adjacent to an activating group) is 1. The van der Waals surface area contributed by atoms with E-state index in [9.17, 15) is 14.4 Å². The molecule has 0 unspecified atom stereocenters. The SMILES string of the molecule is CN1C=C(c2ccnc(N3CCn4c(cc5c4CC(C)(C)C5)C3=O)c2C=O)C=C(Nc2ccc(C(=O)N3CCOCC3)cn2)C1. The number of carbonyl (C=O) groups excluding carboxylic acids is 3. The van der Waals surface area contributed by atoms with Gasteiger partial charge in [0.15, 0.2) is 6.29 Å². The maximum atomic E-state index is 13.8. The Labute approximate surface area is 262 Å². The number of ether oxygens (including phenoxy) is 1. The number of rotatable bonds is 6. The van der Waals surface area contributed by atoms with Gasteiger partial charge in [-0.25, -0.2) is 9.97 Å². The Bertz CT molecular complexity index is 1750. The predicted octanol–water partition coefficient (Wildman–Crippen LogP) is 3.63. The lowest BCUT2D eigenvalue weighted by Crippen LogP contribution is -2.41. The fourth-order valence-electron chi connectivity index (χ4n) is 6.91. The molecule has 3 aromatic rings. The van der Waals surface area contributed by atoms with E-state index in [1.54, 1.807) is 34.3 Å². The Morgan fingerprint density at radius 1 is 1.07 bits per heavy atom. The summed E-state index contributed by atoms with van der Waals surface area (Å²) < 4.78 is 7.51. The van der Waals surface area contributed by atoms with Crippen molar-refractivity contribution in [3.63, 3.8) is 0 Å². The van der Waals surface area contributed by atoms with Crippen LogP contribution in [-0.2, 0) is 24.1 Å². The summed E-state index contributed by atoms with van der Waals surface area (Å²) in [5.74, 6) is 0.801. The Morgan fingerprint density at radius 2 is 1.89 bits per heavy atom. The number of carbonyl (C=O) groups is 3. The molecule has 4 aliphatic rings. The molecule has 0 aromatic carbocycles. The lowest BCUT2D eigenvalue weighted by molar-refractivity contribution is 0.0302. The molecule has 3 aliphatic heterocycles. The van der Waals surface area contributed by atoms with Crippen molar-refractivity contribution in [3.05, 3.63) is 88.3 Å². The topological polar surface area (TPSA) is 113 Å². The van der Waals surface area contributed by atoms with Crippen molar-refractivity contribution < 1.29 is 19.1 Å². The predicted molar refractivity (Wildman–Crippen MR) is 170 cm³/mol. The Kier molecular flexibility index (Phi) is 7.27. The van der Waals surface area contributed by atoms with Crippen LogP contribution in [0.2, 0.25) is 0 Å². The molecule has 3 aromatic heterocycles. The molecule has 0 spiro atoms. The van der Waals surface area contributed by atoms with Crippen molar-refractivity contribution in [2.75, 3.05) is 56.7 Å². The molecule has 11 heteroatoms. The second kappa shape index (κ2) is 11.3. The molecule has 1 N–H and O–H groups in total. The minimum Gasteiger partial charge on any atom is -0.378 e. The number of aromatic nitrogens is 3. The summed E-state index contributed by atoms with van der Waals surface area (Å²) in [5, 5.41) is 3.37. The lowest BCUT2D eigenvalue weighted by Gasteiger charge is -2.31. The number of allylic oxidation sites excluding steroid dienone is 2. The minimum absolute atomic E-state index is 0.0532. The number of aldehydes is 1. The third-order valence-electron chi connectivity index (χ3n) is 8.98. The van der Waals surface area contributed by atoms with Crippen LogP contribution in [0.4, 0.5) is 11.6 Å². The maximum absolute atomic E-state index is 13.8. The summed E-state index contributed by atoms with van der Waals surface area (Å²) in [6, 6.07) is 7.41. The van der Waals surface area contributed by atoms with E-state index in [1.807, 2.05) is 36.4 Å². The highest BCUT2D eigenvalue weighted by atomic mass is 16.5. The molecular formula is C34H37N7O4. The molecule has 1 saturated heterocycles. The molecular weight excluding hydrogens is 570 g/mol. The monoisotopic (exact) mass is 607 g/mol. The number of anilines is 2. The molecule has 1 fully saturated rings. The van der Waals surface area contributed by atoms with Crippen molar-refractivity contribution in [2.45, 2.75) is 33.2 Å². The highest BCUT2D eigenvalue weighted by molar-refractivity contribution is 6.08. The molecule has 232 valence electrons. The van der Waals surface area contributed by atoms with Gasteiger partial charge in [-0.15, -0.1) is 0 Å². The summed E-state index contributed by atoms with van der Waals surface area (Å²) in [7, 11) is 1.96. The van der Waals surface area contributed by atoms with Gasteiger partial charge in [-0.1, -0.05) is 13.8 Å². The Morgan fingerprint density at radius 3 is 2.64 bits per heavy atom. The second-order valence-corrected chi connectivity index (χ2v) is 13.0. The number of nitrogens with zero attached hydrogens (tertiary/aromatic N) is 6. The summed E-state index contributed by atoms with van der Waals surface area (Å²) in [6.07, 6.45) is 9.91. The van der Waals surface area contributed by atoms with E-state index in [-0.39, 0.29) is 17.2 Å². The van der Waals surface area contributed by atoms with E-state index >= 15 is 0 Å². The number of pyridine rings is 2. The van der Waals surface area contributed by atoms with Crippen molar-refractivity contribution in [1.29, 1.82) is 0 Å². The largest absolute Gasteiger partial charge is 0.378 e. The van der Waals surface area contributed by atoms with Crippen LogP contribution in [0, 0.1) is 5.41 Å². The van der Waals surface area contributed by atoms with Gasteiger partial charge in [-0.3, -0.25) is 19.3 Å². The molecule has 0 bridgehead atoms. The van der Waals surface area contributed by atoms with Crippen molar-refractivity contribution in [1.82, 2.24) is 24.3 Å². The first-order valence-corrected chi connectivity index (χ1v) is 15.4. The summed E-state index contributed by atoms with van der Waals surface area (Å²) in [5.41, 5.74) is 6.66. The third-order valence-corrected chi connectivity index (χ3v) is 8.98. The van der Waals surface area contributed by atoms with Gasteiger partial charge in [0.2, 0.25) is 0 Å². The van der Waals surface area contributed by atoms with Crippen LogP contribution in [0.3, 0.4) is 0 Å². The summed E-state index contributed by atoms with van der Waals surface area (Å²) >= 11 is 0. The van der Waals surface area contributed by atoms with Crippen molar-refractivity contribution >= 4 is 35.3 Å². The molecule has 0 atom stereocenters. The van der Waals surface area contributed by atoms with Crippen molar-refractivity contribution in [3.8, 4) is 0 Å². The summed E-state index contributed by atoms with van der Waals surface area (Å²) in [4.78, 5) is 53.7. The molecule has 0 radical (unpaired) electrons. The first-order chi connectivity index (χ1) is 21.7. The smallest absolute Gasteiger partial charge is 0.276 e. The van der Waals surface area contributed by atoms with Gasteiger partial charge in [0, 0.05) is 68.8 Å². The molecule has 0 saturated carbocycles. The van der Waals surface area contributed by atoms with Crippen LogP contribution >= 0.6 is 0 Å². The lowest BCUT2D eigenvalue weighted by atomic mass is 9.90. The van der Waals surface area contributed by atoms with E-state index in [2.05, 4.69) is 33.7 Å². The van der Waals surface area contributed by atoms with E-state index in [4.69, 9.17) is 4.74 Å². The highest BCUT2D eigenvalue weighted by Crippen LogP contribution is 2.40. The number of hydrogen-bond acceptors (Lipinski definition) is 8. The molecule has 6 heterocycles. The van der Waals surface area contributed by atoms with E-state index in [0.29, 0.717) is 80.0 Å². The third kappa shape index (κ3) is 5.41. The van der Waals surface area contributed by atoms with Crippen LogP contribution in [0.5, 0.6) is 0 Å². The second-order valence-electron chi connectivity index (χ2n) is 13.0. The Balaban J connectivity index is 1.12. The number of hydrogen-bond donors (Lipinski definition) is 1. The average Bonchev–Trinajstić information content (AvgIpc) is 3.53. The fourth-order valence-corrected chi connectivity index (χ4v) is 6.91. The standard InChI is InChI=1S/C34H37N7O4/c1-34(2)16-23-15-28-33(44)41(9-8-40(28)29(23)17-34)31-27(21-42)26(6-7-35-31)24-14-25(20-38(3)19-24)37-30-5-4-22(18-36-30)32(43)39-10-12-45-13-11-39/h4-7,14-15,18-19,21H,8-13,16-17,20H2,1-3H3,(H,36,37). The van der Waals surface area contributed by atoms with Crippen LogP contribution in [-0.4, -0.2) is 88.9 Å². The van der Waals surface area contributed by atoms with Gasteiger partial charge in [0.05, 0.1) is 30.9 Å². The zero-order chi connectivity index (χ0) is 31.3. The van der Waals surface area contributed by atoms with Crippen LogP contribution in [0.25, 0.3) is 5.57 Å². The normalized spacial score (nSPS) is 19.1. The van der Waals surface area contributed by atoms with Crippen molar-refractivity contribution in [2.24, 2.45) is 5.41 Å². The number of amides is 2. The zero-order valence-corrected chi connectivity index (χ0v) is 25.9. The van der Waals surface area contributed by atoms with Gasteiger partial charge < -0.3 is 24.4 Å². The molecule has 2 amide bonds. The van der Waals surface area contributed by atoms with Gasteiger partial charge in [-0.2, -0.15) is 0 Å². The molecule has 45 heavy (non-hydrogen) atoms. The van der Waals surface area contributed by atoms with E-state index in [0.717, 1.165) is 30.4 Å². The van der Waals surface area contributed by atoms with Gasteiger partial charge in [0.25, 0.3) is 11.8 Å². The first-order valence-electron chi connectivity index (χ1n) is 15.4. The highest BCUT2D eigenvalue weighted by Gasteiger charge is 2.37. The maximum Gasteiger partial charge on any atom is 0.276 e. The minimum atomic E-state index is -0.129. The zero-order valence-electron chi connectivity index (χ0n) is 25.9.